The maximum absolute atomic E-state index is 13.9. The van der Waals surface area contributed by atoms with Gasteiger partial charge in [0.2, 0.25) is 7.01 Å². The van der Waals surface area contributed by atoms with Gasteiger partial charge in [0.1, 0.15) is 6.33 Å². The highest BCUT2D eigenvalue weighted by molar-refractivity contribution is 14.2. The Balaban J connectivity index is 1.97. The van der Waals surface area contributed by atoms with Crippen molar-refractivity contribution in [3.63, 3.8) is 0 Å². The van der Waals surface area contributed by atoms with E-state index in [1.54, 1.807) is 18.2 Å². The summed E-state index contributed by atoms with van der Waals surface area (Å²) in [5, 5.41) is 4.29. The molecule has 1 heterocycles. The molecule has 0 aliphatic carbocycles. The van der Waals surface area contributed by atoms with Crippen molar-refractivity contribution in [1.82, 2.24) is 14.8 Å². The lowest BCUT2D eigenvalue weighted by Crippen LogP contribution is -2.05. The minimum Gasteiger partial charge on any atom is -0.398 e. The topological polar surface area (TPSA) is 56.7 Å². The lowest BCUT2D eigenvalue weighted by molar-refractivity contribution is 0.489. The minimum atomic E-state index is -8.23. The molecule has 0 amide bonds. The minimum absolute atomic E-state index is 0.328. The lowest BCUT2D eigenvalue weighted by atomic mass is 10.0. The number of aromatic nitrogens is 3. The zero-order chi connectivity index (χ0) is 20.8. The third-order valence-corrected chi connectivity index (χ3v) is 10.9. The van der Waals surface area contributed by atoms with Gasteiger partial charge >= 0.3 is 0 Å². The molecule has 0 atom stereocenters. The van der Waals surface area contributed by atoms with E-state index in [0.29, 0.717) is 22.8 Å². The first-order valence-corrected chi connectivity index (χ1v) is 14.0. The van der Waals surface area contributed by atoms with Gasteiger partial charge in [-0.1, -0.05) is 11.1 Å². The second-order valence-electron chi connectivity index (χ2n) is 6.17. The fraction of sp³-hybridized carbons (Fsp3) is 0.0556. The molecule has 0 spiro atoms. The third kappa shape index (κ3) is 3.83. The molecular weight excluding hydrogens is 507 g/mol. The highest BCUT2D eigenvalue weighted by atomic mass is 127. The Kier molecular flexibility index (Phi) is 4.50. The van der Waals surface area contributed by atoms with E-state index < -0.39 is 31.3 Å². The van der Waals surface area contributed by atoms with Gasteiger partial charge in [0.05, 0.1) is 10.6 Å². The first-order chi connectivity index (χ1) is 12.8. The molecule has 1 aromatic heterocycles. The van der Waals surface area contributed by atoms with Crippen LogP contribution in [0.1, 0.15) is 12.5 Å². The van der Waals surface area contributed by atoms with Crippen LogP contribution in [0.25, 0.3) is 22.6 Å². The Morgan fingerprint density at radius 1 is 1.11 bits per heavy atom. The average Bonchev–Trinajstić information content (AvgIpc) is 3.11. The molecule has 28 heavy (non-hydrogen) atoms. The quantitative estimate of drug-likeness (QED) is 0.231. The maximum atomic E-state index is 13.9. The van der Waals surface area contributed by atoms with Gasteiger partial charge in [0.25, 0.3) is 0 Å². The largest absolute Gasteiger partial charge is 0.398 e. The number of nitrogens with zero attached hydrogens (tertiary/aromatic N) is 3. The molecule has 3 aromatic rings. The normalized spacial score (nSPS) is 14.3. The van der Waals surface area contributed by atoms with E-state index in [-0.39, 0.29) is 0 Å². The predicted molar refractivity (Wildman–Crippen MR) is 117 cm³/mol. The van der Waals surface area contributed by atoms with Crippen molar-refractivity contribution in [3.05, 3.63) is 60.9 Å². The highest BCUT2D eigenvalue weighted by Gasteiger charge is 2.62. The molecule has 0 saturated carbocycles. The molecule has 0 unspecified atom stereocenters. The zero-order valence-electron chi connectivity index (χ0n) is 14.8. The van der Waals surface area contributed by atoms with E-state index in [1.165, 1.54) is 11.0 Å². The third-order valence-electron chi connectivity index (χ3n) is 4.03. The smallest absolute Gasteiger partial charge is 0.223 e. The molecule has 0 aliphatic rings. The number of nitrogen functional groups attached to an aromatic ring is 1. The average molecular weight is 524 g/mol. The summed E-state index contributed by atoms with van der Waals surface area (Å²) < 4.78 is 59.7. The second kappa shape index (κ2) is 6.14. The summed E-state index contributed by atoms with van der Waals surface area (Å²) in [6.07, 6.45) is 1.37. The van der Waals surface area contributed by atoms with Crippen molar-refractivity contribution in [2.45, 2.75) is 11.8 Å². The van der Waals surface area contributed by atoms with Crippen molar-refractivity contribution in [1.29, 1.82) is 0 Å². The van der Waals surface area contributed by atoms with Gasteiger partial charge in [-0.05, 0) is 55.0 Å². The Labute approximate surface area is 167 Å². The Morgan fingerprint density at radius 2 is 1.75 bits per heavy atom. The fourth-order valence-electron chi connectivity index (χ4n) is 2.50. The number of nitrogens with two attached hydrogens (primary N) is 1. The van der Waals surface area contributed by atoms with Crippen molar-refractivity contribution in [3.8, 4) is 17.1 Å². The van der Waals surface area contributed by atoms with Crippen molar-refractivity contribution in [2.75, 3.05) is 5.73 Å². The number of hydrogen-bond donors (Lipinski definition) is 1. The number of hydrogen-bond acceptors (Lipinski definition) is 3. The van der Waals surface area contributed by atoms with Gasteiger partial charge in [-0.15, -0.1) is 20.6 Å². The summed E-state index contributed by atoms with van der Waals surface area (Å²) in [6.45, 7) is 5.70. The van der Waals surface area contributed by atoms with Crippen molar-refractivity contribution in [2.24, 2.45) is 0 Å². The van der Waals surface area contributed by atoms with Crippen LogP contribution in [0.3, 0.4) is 0 Å². The van der Waals surface area contributed by atoms with Gasteiger partial charge < -0.3 is 5.73 Å². The first kappa shape index (κ1) is 20.5. The molecule has 2 N–H and O–H groups in total. The summed E-state index contributed by atoms with van der Waals surface area (Å²) in [7, 11) is -8.23. The van der Waals surface area contributed by atoms with E-state index in [0.717, 1.165) is 35.4 Å². The monoisotopic (exact) mass is 524 g/mol. The molecule has 0 saturated heterocycles. The van der Waals surface area contributed by atoms with Crippen LogP contribution in [-0.2, 0) is 0 Å². The standard InChI is InChI=1S/C18H17F4IN4S/c1-12(2)16-10-13(4-9-17(16)24)18-25-11-27(26-18)14-5-7-15(8-6-14)28(19,20,21,22)23-3/h4-11H,1,3,24H2,2H3. The number of halogens is 5. The van der Waals surface area contributed by atoms with Gasteiger partial charge in [0.15, 0.2) is 5.82 Å². The molecule has 3 rings (SSSR count). The SMILES string of the molecule is C=IS(F)(F)(F)(F)c1ccc(-n2cnc(-c3ccc(N)c(C(=C)C)c3)n2)cc1. The Morgan fingerprint density at radius 3 is 2.32 bits per heavy atom. The fourth-order valence-corrected chi connectivity index (χ4v) is 5.24. The summed E-state index contributed by atoms with van der Waals surface area (Å²) in [5.41, 5.74) is 9.06. The summed E-state index contributed by atoms with van der Waals surface area (Å²) in [6, 6.07) is 9.03. The lowest BCUT2D eigenvalue weighted by Gasteiger charge is -2.45. The maximum Gasteiger partial charge on any atom is 0.223 e. The van der Waals surface area contributed by atoms with Crippen LogP contribution in [0.15, 0.2) is 60.3 Å². The van der Waals surface area contributed by atoms with Crippen LogP contribution in [0.2, 0.25) is 0 Å². The van der Waals surface area contributed by atoms with Crippen LogP contribution in [0.4, 0.5) is 21.2 Å². The van der Waals surface area contributed by atoms with Crippen LogP contribution >= 0.6 is 26.4 Å². The zero-order valence-corrected chi connectivity index (χ0v) is 17.7. The van der Waals surface area contributed by atoms with E-state index in [4.69, 9.17) is 5.73 Å². The van der Waals surface area contributed by atoms with Gasteiger partial charge in [-0.25, -0.2) is 9.67 Å². The number of benzene rings is 2. The summed E-state index contributed by atoms with van der Waals surface area (Å²) in [4.78, 5) is 2.93. The molecular formula is C18H17F4IN4S. The predicted octanol–water partition coefficient (Wildman–Crippen LogP) is 6.64. The van der Waals surface area contributed by atoms with E-state index >= 15 is 0 Å². The molecule has 150 valence electrons. The molecule has 0 bridgehead atoms. The molecule has 4 nitrogen and oxygen atoms in total. The molecule has 0 aliphatic heterocycles. The number of allylic oxidation sites excluding steroid dienone is 1. The summed E-state index contributed by atoms with van der Waals surface area (Å²) in [5.74, 6) is 0.373. The van der Waals surface area contributed by atoms with Gasteiger partial charge in [-0.3, -0.25) is 0 Å². The van der Waals surface area contributed by atoms with Crippen molar-refractivity contribution < 1.29 is 15.5 Å². The van der Waals surface area contributed by atoms with Gasteiger partial charge in [-0.2, -0.15) is 0 Å². The molecule has 0 fully saturated rings. The van der Waals surface area contributed by atoms with E-state index in [2.05, 4.69) is 21.2 Å². The second-order valence-corrected chi connectivity index (χ2v) is 16.0. The summed E-state index contributed by atoms with van der Waals surface area (Å²) >= 11 is -2.84. The van der Waals surface area contributed by atoms with E-state index in [9.17, 15) is 15.5 Å². The van der Waals surface area contributed by atoms with Crippen LogP contribution in [0.5, 0.6) is 0 Å². The number of anilines is 1. The Hall–Kier alpha value is -2.21. The molecule has 0 radical (unpaired) electrons. The first-order valence-electron chi connectivity index (χ1n) is 7.83. The van der Waals surface area contributed by atoms with Crippen LogP contribution in [0, 0.1) is 0 Å². The van der Waals surface area contributed by atoms with Crippen molar-refractivity contribution >= 4 is 42.1 Å². The highest BCUT2D eigenvalue weighted by Crippen LogP contribution is 3.07. The van der Waals surface area contributed by atoms with Crippen LogP contribution in [-0.4, -0.2) is 19.3 Å². The molecule has 2 aromatic carbocycles. The van der Waals surface area contributed by atoms with Gasteiger partial charge in [0, 0.05) is 36.2 Å². The van der Waals surface area contributed by atoms with Crippen LogP contribution < -0.4 is 5.73 Å². The molecule has 10 heteroatoms. The number of rotatable bonds is 5. The Bertz CT molecular complexity index is 1100. The van der Waals surface area contributed by atoms with E-state index in [1.807, 2.05) is 6.92 Å².